The molecule has 2 fully saturated rings. The molecule has 2 saturated carbocycles. The van der Waals surface area contributed by atoms with Crippen molar-refractivity contribution in [2.24, 2.45) is 17.8 Å². The van der Waals surface area contributed by atoms with Crippen LogP contribution in [-0.2, 0) is 16.1 Å². The van der Waals surface area contributed by atoms with Gasteiger partial charge in [0, 0.05) is 13.6 Å². The molecule has 2 aliphatic rings. The zero-order valence-electron chi connectivity index (χ0n) is 19.3. The number of aryl methyl sites for hydroxylation is 1. The topological polar surface area (TPSA) is 115 Å². The highest BCUT2D eigenvalue weighted by atomic mass is 16.6. The number of unbranched alkanes of at least 4 members (excludes halogenated alkanes) is 1. The monoisotopic (exact) mass is 457 g/mol. The molecule has 0 spiro atoms. The molecule has 2 aromatic rings. The molecule has 1 N–H and O–H groups in total. The number of fused-ring (bicyclic) bond motifs is 1. The summed E-state index contributed by atoms with van der Waals surface area (Å²) < 4.78 is 17.0. The van der Waals surface area contributed by atoms with Crippen LogP contribution in [0, 0.1) is 24.7 Å². The van der Waals surface area contributed by atoms with Crippen molar-refractivity contribution in [3.8, 4) is 17.2 Å². The van der Waals surface area contributed by atoms with Crippen LogP contribution in [0.1, 0.15) is 50.3 Å². The van der Waals surface area contributed by atoms with Gasteiger partial charge in [0.25, 0.3) is 0 Å². The number of ether oxygens (including phenoxy) is 2. The van der Waals surface area contributed by atoms with E-state index in [1.165, 1.54) is 0 Å². The standard InChI is InChI=1S/C24H31N3O6/c1-4-5-8-27(3)24(30)31-13-19-14(2)26-33-22(19)20-7-6-17(12-25-20)32-21-11-16(23(28)29)9-15-10-18(15)21/h6-7,12,15-16,18,21H,4-5,8-11,13H2,1-3H3,(H,28,29)/t15-,16-,18+,21-/m1/s1. The predicted octanol–water partition coefficient (Wildman–Crippen LogP) is 4.29. The smallest absolute Gasteiger partial charge is 0.409 e. The zero-order valence-corrected chi connectivity index (χ0v) is 19.3. The van der Waals surface area contributed by atoms with Crippen LogP contribution in [0.2, 0.25) is 0 Å². The molecule has 9 heteroatoms. The molecule has 0 radical (unpaired) electrons. The first-order valence-corrected chi connectivity index (χ1v) is 11.6. The van der Waals surface area contributed by atoms with Crippen molar-refractivity contribution in [3.05, 3.63) is 29.6 Å². The van der Waals surface area contributed by atoms with Gasteiger partial charge in [0.1, 0.15) is 24.2 Å². The minimum absolute atomic E-state index is 0.0433. The van der Waals surface area contributed by atoms with E-state index in [4.69, 9.17) is 14.0 Å². The molecular weight excluding hydrogens is 426 g/mol. The summed E-state index contributed by atoms with van der Waals surface area (Å²) in [4.78, 5) is 29.6. The SMILES string of the molecule is CCCCN(C)C(=O)OCc1c(C)noc1-c1ccc(O[C@@H]2C[C@H](C(=O)O)C[C@@H]3C[C@@H]32)cn1. The van der Waals surface area contributed by atoms with Crippen molar-refractivity contribution in [1.29, 1.82) is 0 Å². The number of aromatic nitrogens is 2. The van der Waals surface area contributed by atoms with Gasteiger partial charge in [-0.25, -0.2) is 9.78 Å². The first-order valence-electron chi connectivity index (χ1n) is 11.6. The van der Waals surface area contributed by atoms with Crippen molar-refractivity contribution in [3.63, 3.8) is 0 Å². The first-order chi connectivity index (χ1) is 15.9. The van der Waals surface area contributed by atoms with Crippen molar-refractivity contribution in [2.45, 2.75) is 58.7 Å². The van der Waals surface area contributed by atoms with Gasteiger partial charge in [-0.1, -0.05) is 18.5 Å². The van der Waals surface area contributed by atoms with Gasteiger partial charge in [0.2, 0.25) is 0 Å². The number of nitrogens with zero attached hydrogens (tertiary/aromatic N) is 3. The third kappa shape index (κ3) is 5.29. The van der Waals surface area contributed by atoms with Crippen LogP contribution >= 0.6 is 0 Å². The Balaban J connectivity index is 1.39. The Bertz CT molecular complexity index is 989. The number of pyridine rings is 1. The van der Waals surface area contributed by atoms with E-state index in [2.05, 4.69) is 17.1 Å². The second kappa shape index (κ2) is 9.80. The Labute approximate surface area is 193 Å². The van der Waals surface area contributed by atoms with Crippen LogP contribution in [0.15, 0.2) is 22.9 Å². The van der Waals surface area contributed by atoms with E-state index in [1.807, 2.05) is 0 Å². The summed E-state index contributed by atoms with van der Waals surface area (Å²) in [6.07, 6.45) is 5.37. The van der Waals surface area contributed by atoms with Crippen molar-refractivity contribution in [1.82, 2.24) is 15.0 Å². The zero-order chi connectivity index (χ0) is 23.5. The summed E-state index contributed by atoms with van der Waals surface area (Å²) in [5.74, 6) is 0.868. The summed E-state index contributed by atoms with van der Waals surface area (Å²) in [6.45, 7) is 4.55. The van der Waals surface area contributed by atoms with E-state index in [0.29, 0.717) is 53.3 Å². The fraction of sp³-hybridized carbons (Fsp3) is 0.583. The fourth-order valence-electron chi connectivity index (χ4n) is 4.50. The molecule has 0 bridgehead atoms. The number of carbonyl (C=O) groups is 2. The molecule has 1 amide bonds. The number of amides is 1. The predicted molar refractivity (Wildman–Crippen MR) is 119 cm³/mol. The molecule has 9 nitrogen and oxygen atoms in total. The Morgan fingerprint density at radius 2 is 2.09 bits per heavy atom. The van der Waals surface area contributed by atoms with E-state index in [1.54, 1.807) is 37.2 Å². The number of rotatable bonds is 9. The number of carboxylic acid groups (broad SMARTS) is 1. The average Bonchev–Trinajstić information content (AvgIpc) is 3.51. The molecule has 4 atom stereocenters. The highest BCUT2D eigenvalue weighted by molar-refractivity contribution is 5.70. The maximum atomic E-state index is 12.2. The van der Waals surface area contributed by atoms with E-state index in [9.17, 15) is 14.7 Å². The van der Waals surface area contributed by atoms with Crippen LogP contribution in [0.4, 0.5) is 4.79 Å². The second-order valence-corrected chi connectivity index (χ2v) is 9.11. The van der Waals surface area contributed by atoms with Gasteiger partial charge in [0.05, 0.1) is 23.4 Å². The number of hydrogen-bond acceptors (Lipinski definition) is 7. The Kier molecular flexibility index (Phi) is 6.85. The summed E-state index contributed by atoms with van der Waals surface area (Å²) in [7, 11) is 1.72. The van der Waals surface area contributed by atoms with Crippen LogP contribution in [-0.4, -0.2) is 51.9 Å². The first kappa shape index (κ1) is 23.1. The summed E-state index contributed by atoms with van der Waals surface area (Å²) in [5, 5.41) is 13.4. The largest absolute Gasteiger partial charge is 0.488 e. The molecule has 4 rings (SSSR count). The minimum Gasteiger partial charge on any atom is -0.488 e. The normalized spacial score (nSPS) is 23.5. The second-order valence-electron chi connectivity index (χ2n) is 9.11. The average molecular weight is 458 g/mol. The molecular formula is C24H31N3O6. The van der Waals surface area contributed by atoms with Gasteiger partial charge < -0.3 is 24.0 Å². The lowest BCUT2D eigenvalue weighted by molar-refractivity contribution is -0.144. The molecule has 33 heavy (non-hydrogen) atoms. The molecule has 0 aliphatic heterocycles. The Hall–Kier alpha value is -3.10. The molecule has 0 unspecified atom stereocenters. The number of aliphatic carboxylic acids is 1. The van der Waals surface area contributed by atoms with Gasteiger partial charge in [-0.15, -0.1) is 0 Å². The lowest BCUT2D eigenvalue weighted by atomic mass is 9.87. The Morgan fingerprint density at radius 1 is 1.27 bits per heavy atom. The van der Waals surface area contributed by atoms with E-state index >= 15 is 0 Å². The van der Waals surface area contributed by atoms with Gasteiger partial charge in [-0.2, -0.15) is 0 Å². The van der Waals surface area contributed by atoms with Gasteiger partial charge >= 0.3 is 12.1 Å². The van der Waals surface area contributed by atoms with Crippen molar-refractivity contribution in [2.75, 3.05) is 13.6 Å². The number of carboxylic acids is 1. The summed E-state index contributed by atoms with van der Waals surface area (Å²) in [6, 6.07) is 3.58. The van der Waals surface area contributed by atoms with Crippen LogP contribution in [0.25, 0.3) is 11.5 Å². The molecule has 0 aromatic carbocycles. The highest BCUT2D eigenvalue weighted by Crippen LogP contribution is 2.52. The summed E-state index contributed by atoms with van der Waals surface area (Å²) in [5.41, 5.74) is 1.87. The lowest BCUT2D eigenvalue weighted by Crippen LogP contribution is -2.31. The van der Waals surface area contributed by atoms with E-state index < -0.39 is 12.1 Å². The van der Waals surface area contributed by atoms with Gasteiger partial charge in [0.15, 0.2) is 5.76 Å². The van der Waals surface area contributed by atoms with Crippen molar-refractivity contribution >= 4 is 12.1 Å². The molecule has 2 aromatic heterocycles. The number of carbonyl (C=O) groups excluding carboxylic acids is 1. The van der Waals surface area contributed by atoms with Gasteiger partial charge in [-0.3, -0.25) is 4.79 Å². The molecule has 2 aliphatic carbocycles. The van der Waals surface area contributed by atoms with E-state index in [0.717, 1.165) is 25.7 Å². The fourth-order valence-corrected chi connectivity index (χ4v) is 4.50. The third-order valence-electron chi connectivity index (χ3n) is 6.65. The minimum atomic E-state index is -0.743. The van der Waals surface area contributed by atoms with Crippen LogP contribution in [0.3, 0.4) is 0 Å². The lowest BCUT2D eigenvalue weighted by Gasteiger charge is -2.26. The third-order valence-corrected chi connectivity index (χ3v) is 6.65. The Morgan fingerprint density at radius 3 is 2.79 bits per heavy atom. The van der Waals surface area contributed by atoms with Crippen LogP contribution in [0.5, 0.6) is 5.75 Å². The molecule has 2 heterocycles. The highest BCUT2D eigenvalue weighted by Gasteiger charge is 2.51. The van der Waals surface area contributed by atoms with Gasteiger partial charge in [-0.05, 0) is 56.6 Å². The quantitative estimate of drug-likeness (QED) is 0.593. The number of hydrogen-bond donors (Lipinski definition) is 1. The maximum Gasteiger partial charge on any atom is 0.409 e. The molecule has 0 saturated heterocycles. The maximum absolute atomic E-state index is 12.2. The van der Waals surface area contributed by atoms with E-state index in [-0.39, 0.29) is 18.6 Å². The summed E-state index contributed by atoms with van der Waals surface area (Å²) >= 11 is 0. The molecule has 178 valence electrons. The van der Waals surface area contributed by atoms with Crippen LogP contribution < -0.4 is 4.74 Å². The van der Waals surface area contributed by atoms with Crippen molar-refractivity contribution < 1.29 is 28.7 Å².